The molecule has 1 unspecified atom stereocenters. The SMILES string of the molecule is COC(=O)C(C)CN(Cc1ccco1)C(=O)c1ccncc1. The minimum Gasteiger partial charge on any atom is -0.469 e. The largest absolute Gasteiger partial charge is 0.469 e. The molecule has 0 radical (unpaired) electrons. The van der Waals surface area contributed by atoms with E-state index in [0.717, 1.165) is 0 Å². The van der Waals surface area contributed by atoms with Crippen LogP contribution in [0.2, 0.25) is 0 Å². The zero-order valence-corrected chi connectivity index (χ0v) is 12.6. The summed E-state index contributed by atoms with van der Waals surface area (Å²) in [5.74, 6) is -0.313. The first kappa shape index (κ1) is 15.8. The van der Waals surface area contributed by atoms with Gasteiger partial charge in [-0.05, 0) is 24.3 Å². The normalized spacial score (nSPS) is 11.7. The second-order valence-electron chi connectivity index (χ2n) is 4.93. The third-order valence-corrected chi connectivity index (χ3v) is 3.24. The van der Waals surface area contributed by atoms with E-state index in [1.807, 2.05) is 0 Å². The first-order valence-electron chi connectivity index (χ1n) is 6.91. The van der Waals surface area contributed by atoms with Crippen LogP contribution >= 0.6 is 0 Å². The van der Waals surface area contributed by atoms with Crippen molar-refractivity contribution in [1.29, 1.82) is 0 Å². The lowest BCUT2D eigenvalue weighted by molar-refractivity contribution is -0.145. The third kappa shape index (κ3) is 3.94. The number of methoxy groups -OCH3 is 1. The number of pyridine rings is 1. The Morgan fingerprint density at radius 1 is 1.32 bits per heavy atom. The van der Waals surface area contributed by atoms with Crippen molar-refractivity contribution in [3.05, 3.63) is 54.2 Å². The van der Waals surface area contributed by atoms with Crippen LogP contribution in [0.4, 0.5) is 0 Å². The number of carbonyl (C=O) groups excluding carboxylic acids is 2. The summed E-state index contributed by atoms with van der Waals surface area (Å²) in [4.78, 5) is 29.7. The van der Waals surface area contributed by atoms with Crippen LogP contribution in [0.25, 0.3) is 0 Å². The number of amides is 1. The van der Waals surface area contributed by atoms with Gasteiger partial charge in [-0.15, -0.1) is 0 Å². The molecule has 2 heterocycles. The van der Waals surface area contributed by atoms with Gasteiger partial charge >= 0.3 is 5.97 Å². The molecule has 0 spiro atoms. The van der Waals surface area contributed by atoms with Crippen molar-refractivity contribution >= 4 is 11.9 Å². The first-order chi connectivity index (χ1) is 10.6. The van der Waals surface area contributed by atoms with Crippen molar-refractivity contribution in [2.75, 3.05) is 13.7 Å². The van der Waals surface area contributed by atoms with E-state index >= 15 is 0 Å². The molecule has 2 aromatic rings. The van der Waals surface area contributed by atoms with Crippen molar-refractivity contribution < 1.29 is 18.7 Å². The fourth-order valence-electron chi connectivity index (χ4n) is 2.09. The molecule has 6 heteroatoms. The minimum atomic E-state index is -0.425. The first-order valence-corrected chi connectivity index (χ1v) is 6.91. The van der Waals surface area contributed by atoms with Gasteiger partial charge in [-0.3, -0.25) is 14.6 Å². The number of aromatic nitrogens is 1. The van der Waals surface area contributed by atoms with Gasteiger partial charge in [-0.1, -0.05) is 6.92 Å². The van der Waals surface area contributed by atoms with Gasteiger partial charge in [0.15, 0.2) is 0 Å². The molecule has 6 nitrogen and oxygen atoms in total. The lowest BCUT2D eigenvalue weighted by Crippen LogP contribution is -2.36. The van der Waals surface area contributed by atoms with E-state index in [0.29, 0.717) is 11.3 Å². The molecule has 0 saturated carbocycles. The molecular formula is C16H18N2O4. The Morgan fingerprint density at radius 2 is 2.05 bits per heavy atom. The van der Waals surface area contributed by atoms with Crippen molar-refractivity contribution in [2.24, 2.45) is 5.92 Å². The molecular weight excluding hydrogens is 284 g/mol. The van der Waals surface area contributed by atoms with Crippen LogP contribution < -0.4 is 0 Å². The second kappa shape index (κ2) is 7.40. The topological polar surface area (TPSA) is 72.6 Å². The van der Waals surface area contributed by atoms with Gasteiger partial charge in [0.05, 0.1) is 25.8 Å². The fourth-order valence-corrected chi connectivity index (χ4v) is 2.09. The van der Waals surface area contributed by atoms with Crippen LogP contribution in [0, 0.1) is 5.92 Å². The number of hydrogen-bond donors (Lipinski definition) is 0. The van der Waals surface area contributed by atoms with Gasteiger partial charge in [-0.2, -0.15) is 0 Å². The molecule has 1 atom stereocenters. The highest BCUT2D eigenvalue weighted by Gasteiger charge is 2.23. The molecule has 0 aliphatic rings. The Balaban J connectivity index is 2.17. The molecule has 22 heavy (non-hydrogen) atoms. The van der Waals surface area contributed by atoms with Crippen molar-refractivity contribution in [1.82, 2.24) is 9.88 Å². The summed E-state index contributed by atoms with van der Waals surface area (Å²) in [6, 6.07) is 6.82. The van der Waals surface area contributed by atoms with Crippen LogP contribution in [0.1, 0.15) is 23.0 Å². The number of nitrogens with zero attached hydrogens (tertiary/aromatic N) is 2. The molecule has 0 aliphatic carbocycles. The second-order valence-corrected chi connectivity index (χ2v) is 4.93. The molecule has 0 aliphatic heterocycles. The predicted molar refractivity (Wildman–Crippen MR) is 78.9 cm³/mol. The number of ether oxygens (including phenoxy) is 1. The summed E-state index contributed by atoms with van der Waals surface area (Å²) in [6.07, 6.45) is 4.66. The predicted octanol–water partition coefficient (Wildman–Crippen LogP) is 2.13. The number of furan rings is 1. The molecule has 2 rings (SSSR count). The molecule has 0 bridgehead atoms. The lowest BCUT2D eigenvalue weighted by Gasteiger charge is -2.24. The zero-order valence-electron chi connectivity index (χ0n) is 12.6. The van der Waals surface area contributed by atoms with Crippen LogP contribution in [0.3, 0.4) is 0 Å². The number of hydrogen-bond acceptors (Lipinski definition) is 5. The number of rotatable bonds is 6. The van der Waals surface area contributed by atoms with E-state index in [9.17, 15) is 9.59 Å². The molecule has 0 N–H and O–H groups in total. The van der Waals surface area contributed by atoms with Crippen molar-refractivity contribution in [2.45, 2.75) is 13.5 Å². The van der Waals surface area contributed by atoms with E-state index in [2.05, 4.69) is 4.98 Å². The molecule has 0 fully saturated rings. The molecule has 0 aromatic carbocycles. The molecule has 116 valence electrons. The van der Waals surface area contributed by atoms with Crippen LogP contribution in [0.15, 0.2) is 47.3 Å². The fraction of sp³-hybridized carbons (Fsp3) is 0.312. The highest BCUT2D eigenvalue weighted by atomic mass is 16.5. The van der Waals surface area contributed by atoms with Crippen molar-refractivity contribution in [3.63, 3.8) is 0 Å². The van der Waals surface area contributed by atoms with E-state index < -0.39 is 5.92 Å². The molecule has 1 amide bonds. The Labute approximate surface area is 128 Å². The Hall–Kier alpha value is -2.63. The standard InChI is InChI=1S/C16H18N2O4/c1-12(16(20)21-2)10-18(11-14-4-3-9-22-14)15(19)13-5-7-17-8-6-13/h3-9,12H,10-11H2,1-2H3. The van der Waals surface area contributed by atoms with E-state index in [1.54, 1.807) is 54.7 Å². The summed E-state index contributed by atoms with van der Waals surface area (Å²) in [5, 5.41) is 0. The van der Waals surface area contributed by atoms with Gasteiger partial charge < -0.3 is 14.1 Å². The van der Waals surface area contributed by atoms with Gasteiger partial charge in [0.1, 0.15) is 5.76 Å². The van der Waals surface area contributed by atoms with Gasteiger partial charge in [0, 0.05) is 24.5 Å². The smallest absolute Gasteiger partial charge is 0.310 e. The Kier molecular flexibility index (Phi) is 5.30. The Bertz CT molecular complexity index is 610. The van der Waals surface area contributed by atoms with Gasteiger partial charge in [0.25, 0.3) is 5.91 Å². The quantitative estimate of drug-likeness (QED) is 0.764. The highest BCUT2D eigenvalue weighted by Crippen LogP contribution is 2.13. The molecule has 2 aromatic heterocycles. The van der Waals surface area contributed by atoms with Crippen LogP contribution in [-0.4, -0.2) is 35.4 Å². The summed E-state index contributed by atoms with van der Waals surface area (Å²) in [5.41, 5.74) is 0.513. The van der Waals surface area contributed by atoms with Gasteiger partial charge in [0.2, 0.25) is 0 Å². The minimum absolute atomic E-state index is 0.186. The average Bonchev–Trinajstić information content (AvgIpc) is 3.06. The zero-order chi connectivity index (χ0) is 15.9. The van der Waals surface area contributed by atoms with E-state index in [1.165, 1.54) is 7.11 Å². The molecule has 0 saturated heterocycles. The summed E-state index contributed by atoms with van der Waals surface area (Å²) >= 11 is 0. The lowest BCUT2D eigenvalue weighted by atomic mass is 10.1. The highest BCUT2D eigenvalue weighted by molar-refractivity contribution is 5.94. The maximum Gasteiger partial charge on any atom is 0.310 e. The summed E-state index contributed by atoms with van der Waals surface area (Å²) in [6.45, 7) is 2.25. The average molecular weight is 302 g/mol. The number of carbonyl (C=O) groups is 2. The monoisotopic (exact) mass is 302 g/mol. The van der Waals surface area contributed by atoms with Crippen LogP contribution in [0.5, 0.6) is 0 Å². The van der Waals surface area contributed by atoms with Crippen LogP contribution in [-0.2, 0) is 16.1 Å². The van der Waals surface area contributed by atoms with Gasteiger partial charge in [-0.25, -0.2) is 0 Å². The summed E-state index contributed by atoms with van der Waals surface area (Å²) in [7, 11) is 1.33. The van der Waals surface area contributed by atoms with E-state index in [4.69, 9.17) is 9.15 Å². The number of esters is 1. The summed E-state index contributed by atoms with van der Waals surface area (Å²) < 4.78 is 10.0. The van der Waals surface area contributed by atoms with Crippen molar-refractivity contribution in [3.8, 4) is 0 Å². The third-order valence-electron chi connectivity index (χ3n) is 3.24. The maximum absolute atomic E-state index is 12.6. The Morgan fingerprint density at radius 3 is 2.64 bits per heavy atom. The maximum atomic E-state index is 12.6. The van der Waals surface area contributed by atoms with E-state index in [-0.39, 0.29) is 25.0 Å².